The maximum Gasteiger partial charge on any atom is 0.327 e. The Labute approximate surface area is 119 Å². The van der Waals surface area contributed by atoms with E-state index in [0.29, 0.717) is 39.5 Å². The molecule has 6 nitrogen and oxygen atoms in total. The predicted molar refractivity (Wildman–Crippen MR) is 72.6 cm³/mol. The lowest BCUT2D eigenvalue weighted by Gasteiger charge is -2.22. The molecule has 0 radical (unpaired) electrons. The van der Waals surface area contributed by atoms with Crippen LogP contribution in [-0.4, -0.2) is 57.0 Å². The standard InChI is InChI=1S/C14H24O6/c15-13(16)5-1-3-7-17-9-10-18-11-12-20-14-6-2-4-8-19-14/h1,5,14H,2-4,6-12H2,(H,15,16)/b5-1+. The summed E-state index contributed by atoms with van der Waals surface area (Å²) in [5.41, 5.74) is 0. The van der Waals surface area contributed by atoms with E-state index in [2.05, 4.69) is 0 Å². The van der Waals surface area contributed by atoms with Gasteiger partial charge in [-0.2, -0.15) is 0 Å². The van der Waals surface area contributed by atoms with Crippen molar-refractivity contribution in [2.45, 2.75) is 32.0 Å². The van der Waals surface area contributed by atoms with E-state index in [1.807, 2.05) is 0 Å². The van der Waals surface area contributed by atoms with Gasteiger partial charge in [-0.15, -0.1) is 0 Å². The average molecular weight is 288 g/mol. The number of hydrogen-bond acceptors (Lipinski definition) is 5. The molecule has 1 N–H and O–H groups in total. The van der Waals surface area contributed by atoms with Gasteiger partial charge in [0, 0.05) is 12.7 Å². The van der Waals surface area contributed by atoms with E-state index >= 15 is 0 Å². The summed E-state index contributed by atoms with van der Waals surface area (Å²) in [6, 6.07) is 0. The van der Waals surface area contributed by atoms with Crippen LogP contribution in [0.1, 0.15) is 25.7 Å². The normalized spacial score (nSPS) is 19.5. The van der Waals surface area contributed by atoms with Gasteiger partial charge < -0.3 is 24.1 Å². The highest BCUT2D eigenvalue weighted by Gasteiger charge is 2.13. The Kier molecular flexibility index (Phi) is 10.1. The van der Waals surface area contributed by atoms with Gasteiger partial charge in [0.05, 0.1) is 33.0 Å². The third-order valence-electron chi connectivity index (χ3n) is 2.73. The van der Waals surface area contributed by atoms with E-state index in [9.17, 15) is 4.79 Å². The lowest BCUT2D eigenvalue weighted by atomic mass is 10.2. The van der Waals surface area contributed by atoms with Crippen molar-refractivity contribution in [1.29, 1.82) is 0 Å². The van der Waals surface area contributed by atoms with E-state index in [-0.39, 0.29) is 6.29 Å². The van der Waals surface area contributed by atoms with Gasteiger partial charge in [0.2, 0.25) is 0 Å². The van der Waals surface area contributed by atoms with Crippen molar-refractivity contribution in [2.75, 3.05) is 39.6 Å². The molecule has 0 spiro atoms. The molecular formula is C14H24O6. The molecule has 1 saturated heterocycles. The minimum absolute atomic E-state index is 0.0652. The quantitative estimate of drug-likeness (QED) is 0.460. The second-order valence-electron chi connectivity index (χ2n) is 4.42. The number of carboxylic acid groups (broad SMARTS) is 1. The summed E-state index contributed by atoms with van der Waals surface area (Å²) in [7, 11) is 0. The summed E-state index contributed by atoms with van der Waals surface area (Å²) in [6.45, 7) is 3.36. The van der Waals surface area contributed by atoms with Crippen LogP contribution in [0.5, 0.6) is 0 Å². The van der Waals surface area contributed by atoms with Crippen molar-refractivity contribution in [2.24, 2.45) is 0 Å². The summed E-state index contributed by atoms with van der Waals surface area (Å²) in [5, 5.41) is 8.36. The number of carboxylic acids is 1. The molecule has 20 heavy (non-hydrogen) atoms. The fourth-order valence-electron chi connectivity index (χ4n) is 1.74. The Hall–Kier alpha value is -0.950. The number of ether oxygens (including phenoxy) is 4. The van der Waals surface area contributed by atoms with Crippen molar-refractivity contribution in [3.05, 3.63) is 12.2 Å². The first-order valence-corrected chi connectivity index (χ1v) is 7.07. The van der Waals surface area contributed by atoms with Gasteiger partial charge in [-0.05, 0) is 25.7 Å². The van der Waals surface area contributed by atoms with Crippen LogP contribution in [0.4, 0.5) is 0 Å². The van der Waals surface area contributed by atoms with Gasteiger partial charge in [-0.1, -0.05) is 6.08 Å². The molecule has 1 unspecified atom stereocenters. The van der Waals surface area contributed by atoms with E-state index in [0.717, 1.165) is 31.9 Å². The molecule has 1 fully saturated rings. The third kappa shape index (κ3) is 9.91. The summed E-state index contributed by atoms with van der Waals surface area (Å²) in [4.78, 5) is 10.2. The summed E-state index contributed by atoms with van der Waals surface area (Å²) < 4.78 is 21.6. The zero-order valence-electron chi connectivity index (χ0n) is 11.8. The zero-order chi connectivity index (χ0) is 14.5. The Morgan fingerprint density at radius 2 is 1.90 bits per heavy atom. The molecule has 0 aromatic carbocycles. The molecule has 1 atom stereocenters. The van der Waals surface area contributed by atoms with Gasteiger partial charge in [0.15, 0.2) is 6.29 Å². The second-order valence-corrected chi connectivity index (χ2v) is 4.42. The van der Waals surface area contributed by atoms with Gasteiger partial charge in [-0.3, -0.25) is 0 Å². The minimum atomic E-state index is -0.935. The molecule has 1 heterocycles. The first-order chi connectivity index (χ1) is 9.79. The number of aliphatic carboxylic acids is 1. The largest absolute Gasteiger partial charge is 0.478 e. The molecular weight excluding hydrogens is 264 g/mol. The maximum atomic E-state index is 10.2. The minimum Gasteiger partial charge on any atom is -0.478 e. The van der Waals surface area contributed by atoms with Crippen LogP contribution < -0.4 is 0 Å². The zero-order valence-corrected chi connectivity index (χ0v) is 11.8. The smallest absolute Gasteiger partial charge is 0.327 e. The van der Waals surface area contributed by atoms with Crippen LogP contribution in [0, 0.1) is 0 Å². The highest BCUT2D eigenvalue weighted by Crippen LogP contribution is 2.13. The maximum absolute atomic E-state index is 10.2. The molecule has 6 heteroatoms. The Morgan fingerprint density at radius 3 is 2.60 bits per heavy atom. The topological polar surface area (TPSA) is 74.2 Å². The van der Waals surface area contributed by atoms with E-state index < -0.39 is 5.97 Å². The second kappa shape index (κ2) is 11.8. The lowest BCUT2D eigenvalue weighted by Crippen LogP contribution is -2.24. The molecule has 0 amide bonds. The summed E-state index contributed by atoms with van der Waals surface area (Å²) >= 11 is 0. The van der Waals surface area contributed by atoms with Gasteiger partial charge in [0.25, 0.3) is 0 Å². The number of hydrogen-bond donors (Lipinski definition) is 1. The molecule has 0 aromatic heterocycles. The van der Waals surface area contributed by atoms with E-state index in [1.54, 1.807) is 6.08 Å². The van der Waals surface area contributed by atoms with E-state index in [1.165, 1.54) is 0 Å². The Morgan fingerprint density at radius 1 is 1.15 bits per heavy atom. The van der Waals surface area contributed by atoms with Crippen molar-refractivity contribution in [1.82, 2.24) is 0 Å². The first-order valence-electron chi connectivity index (χ1n) is 7.07. The SMILES string of the molecule is O=C(O)/C=C/CCOCCOCCOC1CCCCO1. The summed E-state index contributed by atoms with van der Waals surface area (Å²) in [5.74, 6) is -0.935. The first kappa shape index (κ1) is 17.1. The fraction of sp³-hybridized carbons (Fsp3) is 0.786. The van der Waals surface area contributed by atoms with Gasteiger partial charge in [-0.25, -0.2) is 4.79 Å². The molecule has 0 saturated carbocycles. The average Bonchev–Trinajstić information content (AvgIpc) is 2.45. The lowest BCUT2D eigenvalue weighted by molar-refractivity contribution is -0.169. The van der Waals surface area contributed by atoms with Crippen LogP contribution in [0.2, 0.25) is 0 Å². The Balaban J connectivity index is 1.77. The highest BCUT2D eigenvalue weighted by molar-refractivity contribution is 5.79. The molecule has 1 rings (SSSR count). The molecule has 1 aliphatic heterocycles. The van der Waals surface area contributed by atoms with Gasteiger partial charge >= 0.3 is 5.97 Å². The number of rotatable bonds is 11. The summed E-state index contributed by atoms with van der Waals surface area (Å²) in [6.07, 6.45) is 6.46. The van der Waals surface area contributed by atoms with Crippen molar-refractivity contribution >= 4 is 5.97 Å². The molecule has 0 aliphatic carbocycles. The fourth-order valence-corrected chi connectivity index (χ4v) is 1.74. The van der Waals surface area contributed by atoms with Crippen molar-refractivity contribution in [3.63, 3.8) is 0 Å². The van der Waals surface area contributed by atoms with Crippen LogP contribution in [0.3, 0.4) is 0 Å². The molecule has 0 aromatic rings. The molecule has 0 bridgehead atoms. The highest BCUT2D eigenvalue weighted by atomic mass is 16.7. The molecule has 1 aliphatic rings. The monoisotopic (exact) mass is 288 g/mol. The molecule has 116 valence electrons. The van der Waals surface area contributed by atoms with E-state index in [4.69, 9.17) is 24.1 Å². The third-order valence-corrected chi connectivity index (χ3v) is 2.73. The Bertz CT molecular complexity index is 273. The van der Waals surface area contributed by atoms with Gasteiger partial charge in [0.1, 0.15) is 0 Å². The predicted octanol–water partition coefficient (Wildman–Crippen LogP) is 1.59. The number of carbonyl (C=O) groups is 1. The van der Waals surface area contributed by atoms with Crippen LogP contribution >= 0.6 is 0 Å². The van der Waals surface area contributed by atoms with Crippen molar-refractivity contribution < 1.29 is 28.8 Å². The van der Waals surface area contributed by atoms with Crippen LogP contribution in [-0.2, 0) is 23.7 Å². The van der Waals surface area contributed by atoms with Crippen LogP contribution in [0.15, 0.2) is 12.2 Å². The van der Waals surface area contributed by atoms with Crippen molar-refractivity contribution in [3.8, 4) is 0 Å². The van der Waals surface area contributed by atoms with Crippen LogP contribution in [0.25, 0.3) is 0 Å².